The van der Waals surface area contributed by atoms with Gasteiger partial charge >= 0.3 is 5.97 Å². The normalized spacial score (nSPS) is 18.3. The first-order valence-electron chi connectivity index (χ1n) is 10.8. The zero-order valence-electron chi connectivity index (χ0n) is 17.8. The molecule has 0 fully saturated rings. The van der Waals surface area contributed by atoms with Gasteiger partial charge in [-0.3, -0.25) is 14.5 Å². The second-order valence-electron chi connectivity index (χ2n) is 7.74. The number of fused-ring (bicyclic) bond motifs is 3. The average Bonchev–Trinajstić information content (AvgIpc) is 3.14. The van der Waals surface area contributed by atoms with E-state index in [-0.39, 0.29) is 18.3 Å². The van der Waals surface area contributed by atoms with Gasteiger partial charge < -0.3 is 14.4 Å². The van der Waals surface area contributed by atoms with Crippen LogP contribution in [-0.4, -0.2) is 39.7 Å². The summed E-state index contributed by atoms with van der Waals surface area (Å²) in [6.45, 7) is 4.50. The largest absolute Gasteiger partial charge is 0.508 e. The van der Waals surface area contributed by atoms with E-state index in [1.165, 1.54) is 0 Å². The highest BCUT2D eigenvalue weighted by Gasteiger charge is 2.47. The molecule has 0 unspecified atom stereocenters. The van der Waals surface area contributed by atoms with E-state index in [4.69, 9.17) is 9.72 Å². The summed E-state index contributed by atoms with van der Waals surface area (Å²) in [4.78, 5) is 33.1. The standard InChI is InChI=1S/C24H27N3O4/c1-3-5-8-14-26-22(29)20(23(30)31-4-2)21(16-10-9-11-17(28)15-16)27-19-13-7-6-12-18(19)25-24(26)27/h6-7,9-13,15,20-21,28H,3-5,8,14H2,1-2H3/t20-,21+/m1/s1. The highest BCUT2D eigenvalue weighted by Crippen LogP contribution is 2.41. The topological polar surface area (TPSA) is 84.7 Å². The van der Waals surface area contributed by atoms with Gasteiger partial charge in [-0.2, -0.15) is 0 Å². The summed E-state index contributed by atoms with van der Waals surface area (Å²) in [7, 11) is 0. The van der Waals surface area contributed by atoms with Crippen LogP contribution in [0.1, 0.15) is 44.7 Å². The fourth-order valence-electron chi connectivity index (χ4n) is 4.29. The molecule has 3 aromatic rings. The third-order valence-electron chi connectivity index (χ3n) is 5.68. The molecule has 1 aliphatic heterocycles. The minimum absolute atomic E-state index is 0.0731. The lowest BCUT2D eigenvalue weighted by Gasteiger charge is -2.38. The van der Waals surface area contributed by atoms with Gasteiger partial charge in [0.15, 0.2) is 5.92 Å². The SMILES string of the molecule is CCCCCN1C(=O)[C@H](C(=O)OCC)[C@H](c2cccc(O)c2)n2c1nc1ccccc12. The van der Waals surface area contributed by atoms with Crippen LogP contribution in [0, 0.1) is 5.92 Å². The van der Waals surface area contributed by atoms with Gasteiger partial charge in [-0.1, -0.05) is 44.0 Å². The minimum Gasteiger partial charge on any atom is -0.508 e. The van der Waals surface area contributed by atoms with Crippen molar-refractivity contribution < 1.29 is 19.4 Å². The number of hydrogen-bond acceptors (Lipinski definition) is 5. The molecule has 0 aliphatic carbocycles. The number of rotatable bonds is 7. The Kier molecular flexibility index (Phi) is 5.93. The quantitative estimate of drug-likeness (QED) is 0.353. The lowest BCUT2D eigenvalue weighted by molar-refractivity contribution is -0.153. The zero-order valence-corrected chi connectivity index (χ0v) is 17.8. The van der Waals surface area contributed by atoms with Crippen molar-refractivity contribution in [1.82, 2.24) is 9.55 Å². The Bertz CT molecular complexity index is 1110. The molecule has 1 aromatic heterocycles. The maximum absolute atomic E-state index is 13.7. The lowest BCUT2D eigenvalue weighted by Crippen LogP contribution is -2.50. The number of anilines is 1. The van der Waals surface area contributed by atoms with Crippen LogP contribution >= 0.6 is 0 Å². The molecule has 1 N–H and O–H groups in total. The Morgan fingerprint density at radius 1 is 1.13 bits per heavy atom. The van der Waals surface area contributed by atoms with Gasteiger partial charge in [0.2, 0.25) is 11.9 Å². The molecule has 1 amide bonds. The smallest absolute Gasteiger partial charge is 0.321 e. The van der Waals surface area contributed by atoms with E-state index in [2.05, 4.69) is 6.92 Å². The predicted molar refractivity (Wildman–Crippen MR) is 118 cm³/mol. The van der Waals surface area contributed by atoms with E-state index in [1.54, 1.807) is 30.0 Å². The number of nitrogens with zero attached hydrogens (tertiary/aromatic N) is 3. The Hall–Kier alpha value is -3.35. The van der Waals surface area contributed by atoms with Gasteiger partial charge in [-0.15, -0.1) is 0 Å². The number of hydrogen-bond donors (Lipinski definition) is 1. The van der Waals surface area contributed by atoms with Gasteiger partial charge in [-0.05, 0) is 43.2 Å². The van der Waals surface area contributed by atoms with Crippen molar-refractivity contribution in [3.63, 3.8) is 0 Å². The average molecular weight is 421 g/mol. The second kappa shape index (κ2) is 8.79. The number of carbonyl (C=O) groups excluding carboxylic acids is 2. The monoisotopic (exact) mass is 421 g/mol. The number of carbonyl (C=O) groups is 2. The van der Waals surface area contributed by atoms with Gasteiger partial charge in [0.1, 0.15) is 5.75 Å². The number of imidazole rings is 1. The molecule has 0 saturated heterocycles. The zero-order chi connectivity index (χ0) is 22.0. The highest BCUT2D eigenvalue weighted by atomic mass is 16.5. The molecule has 0 saturated carbocycles. The molecule has 7 nitrogen and oxygen atoms in total. The number of ether oxygens (including phenoxy) is 1. The summed E-state index contributed by atoms with van der Waals surface area (Å²) in [5, 5.41) is 10.1. The number of aromatic hydroxyl groups is 1. The van der Waals surface area contributed by atoms with Crippen molar-refractivity contribution in [2.75, 3.05) is 18.1 Å². The van der Waals surface area contributed by atoms with Gasteiger partial charge in [0, 0.05) is 6.54 Å². The number of unbranched alkanes of at least 4 members (excludes halogenated alkanes) is 2. The molecule has 0 spiro atoms. The molecule has 4 rings (SSSR count). The van der Waals surface area contributed by atoms with E-state index in [0.29, 0.717) is 18.1 Å². The fraction of sp³-hybridized carbons (Fsp3) is 0.375. The molecule has 31 heavy (non-hydrogen) atoms. The van der Waals surface area contributed by atoms with Crippen LogP contribution in [0.15, 0.2) is 48.5 Å². The summed E-state index contributed by atoms with van der Waals surface area (Å²) in [6, 6.07) is 13.7. The van der Waals surface area contributed by atoms with E-state index >= 15 is 0 Å². The summed E-state index contributed by atoms with van der Waals surface area (Å²) >= 11 is 0. The van der Waals surface area contributed by atoms with Crippen LogP contribution in [0.25, 0.3) is 11.0 Å². The Morgan fingerprint density at radius 3 is 2.68 bits per heavy atom. The first-order chi connectivity index (χ1) is 15.1. The number of phenolic OH excluding ortho intramolecular Hbond substituents is 1. The summed E-state index contributed by atoms with van der Waals surface area (Å²) < 4.78 is 7.27. The Morgan fingerprint density at radius 2 is 1.94 bits per heavy atom. The summed E-state index contributed by atoms with van der Waals surface area (Å²) in [5.41, 5.74) is 2.23. The Balaban J connectivity index is 1.94. The fourth-order valence-corrected chi connectivity index (χ4v) is 4.29. The van der Waals surface area contributed by atoms with Crippen LogP contribution < -0.4 is 4.90 Å². The van der Waals surface area contributed by atoms with Gasteiger partial charge in [0.25, 0.3) is 0 Å². The minimum atomic E-state index is -1.06. The first kappa shape index (κ1) is 20.9. The molecule has 2 heterocycles. The summed E-state index contributed by atoms with van der Waals surface area (Å²) in [6.07, 6.45) is 2.81. The number of benzene rings is 2. The van der Waals surface area contributed by atoms with Crippen molar-refractivity contribution >= 4 is 28.9 Å². The maximum Gasteiger partial charge on any atom is 0.321 e. The third-order valence-corrected chi connectivity index (χ3v) is 5.68. The first-order valence-corrected chi connectivity index (χ1v) is 10.8. The van der Waals surface area contributed by atoms with Gasteiger partial charge in [0.05, 0.1) is 23.7 Å². The summed E-state index contributed by atoms with van der Waals surface area (Å²) in [5.74, 6) is -1.34. The molecule has 1 aliphatic rings. The molecule has 2 atom stereocenters. The van der Waals surface area contributed by atoms with Crippen molar-refractivity contribution in [2.24, 2.45) is 5.92 Å². The Labute approximate surface area is 181 Å². The number of aromatic nitrogens is 2. The third kappa shape index (κ3) is 3.76. The molecule has 7 heteroatoms. The molecular weight excluding hydrogens is 394 g/mol. The van der Waals surface area contributed by atoms with Crippen LogP contribution in [0.2, 0.25) is 0 Å². The van der Waals surface area contributed by atoms with Crippen LogP contribution in [-0.2, 0) is 14.3 Å². The molecule has 0 radical (unpaired) electrons. The second-order valence-corrected chi connectivity index (χ2v) is 7.74. The molecule has 162 valence electrons. The molecular formula is C24H27N3O4. The molecule has 2 aromatic carbocycles. The van der Waals surface area contributed by atoms with E-state index in [1.807, 2.05) is 34.9 Å². The van der Waals surface area contributed by atoms with E-state index < -0.39 is 17.9 Å². The van der Waals surface area contributed by atoms with Crippen LogP contribution in [0.3, 0.4) is 0 Å². The number of phenols is 1. The number of para-hydroxylation sites is 2. The lowest BCUT2D eigenvalue weighted by atomic mass is 9.89. The van der Waals surface area contributed by atoms with Crippen LogP contribution in [0.5, 0.6) is 5.75 Å². The maximum atomic E-state index is 13.7. The van der Waals surface area contributed by atoms with Crippen molar-refractivity contribution in [2.45, 2.75) is 39.2 Å². The van der Waals surface area contributed by atoms with Crippen molar-refractivity contribution in [1.29, 1.82) is 0 Å². The van der Waals surface area contributed by atoms with Crippen molar-refractivity contribution in [3.8, 4) is 5.75 Å². The van der Waals surface area contributed by atoms with Crippen LogP contribution in [0.4, 0.5) is 5.95 Å². The molecule has 0 bridgehead atoms. The number of amides is 1. The van der Waals surface area contributed by atoms with Crippen molar-refractivity contribution in [3.05, 3.63) is 54.1 Å². The highest BCUT2D eigenvalue weighted by molar-refractivity contribution is 6.08. The number of esters is 1. The predicted octanol–water partition coefficient (Wildman–Crippen LogP) is 4.05. The van der Waals surface area contributed by atoms with E-state index in [0.717, 1.165) is 30.3 Å². The van der Waals surface area contributed by atoms with E-state index in [9.17, 15) is 14.7 Å². The van der Waals surface area contributed by atoms with Gasteiger partial charge in [-0.25, -0.2) is 4.98 Å².